The highest BCUT2D eigenvalue weighted by molar-refractivity contribution is 6.24. The van der Waals surface area contributed by atoms with Crippen molar-refractivity contribution < 1.29 is 53.7 Å². The SMILES string of the molecule is COC(=O)c1cc(NC(=O)c2ccno2)cc(-c2ccc(O)c3c2CC2C[C@H]4CC(O)=C(C(N)=O)C(=O)[C@@]4(O)C(O)=C2C3=O)c1. The molecule has 0 fully saturated rings. The zero-order valence-corrected chi connectivity index (χ0v) is 23.5. The number of ether oxygens (including phenoxy) is 1. The molecule has 2 aromatic carbocycles. The lowest BCUT2D eigenvalue weighted by atomic mass is 9.60. The van der Waals surface area contributed by atoms with E-state index in [0.717, 1.165) is 0 Å². The number of Topliss-reactive ketones (excluding diaryl/α,β-unsaturated/α-hetero) is 2. The summed E-state index contributed by atoms with van der Waals surface area (Å²) in [6.07, 6.45) is 0.895. The second kappa shape index (κ2) is 10.4. The summed E-state index contributed by atoms with van der Waals surface area (Å²) < 4.78 is 9.77. The number of carbonyl (C=O) groups excluding carboxylic acids is 5. The summed E-state index contributed by atoms with van der Waals surface area (Å²) in [5, 5.41) is 50.0. The Labute approximate surface area is 253 Å². The van der Waals surface area contributed by atoms with E-state index in [4.69, 9.17) is 15.0 Å². The number of amides is 2. The average molecular weight is 616 g/mol. The number of aromatic nitrogens is 1. The Morgan fingerprint density at radius 3 is 2.51 bits per heavy atom. The molecular formula is C31H25N3O11. The molecule has 14 nitrogen and oxygen atoms in total. The highest BCUT2D eigenvalue weighted by atomic mass is 16.5. The van der Waals surface area contributed by atoms with Crippen molar-refractivity contribution in [2.24, 2.45) is 17.6 Å². The van der Waals surface area contributed by atoms with Crippen LogP contribution in [-0.2, 0) is 20.7 Å². The summed E-state index contributed by atoms with van der Waals surface area (Å²) in [7, 11) is 1.18. The summed E-state index contributed by atoms with van der Waals surface area (Å²) >= 11 is 0. The maximum Gasteiger partial charge on any atom is 0.337 e. The van der Waals surface area contributed by atoms with Gasteiger partial charge >= 0.3 is 5.97 Å². The van der Waals surface area contributed by atoms with Crippen molar-refractivity contribution in [1.29, 1.82) is 0 Å². The van der Waals surface area contributed by atoms with Gasteiger partial charge in [0.15, 0.2) is 11.4 Å². The monoisotopic (exact) mass is 615 g/mol. The summed E-state index contributed by atoms with van der Waals surface area (Å²) in [5.41, 5.74) is 2.50. The molecule has 0 bridgehead atoms. The number of hydrogen-bond donors (Lipinski definition) is 6. The molecule has 0 aliphatic heterocycles. The van der Waals surface area contributed by atoms with Crippen LogP contribution in [0.2, 0.25) is 0 Å². The molecule has 3 aliphatic carbocycles. The van der Waals surface area contributed by atoms with Crippen LogP contribution in [0.4, 0.5) is 5.69 Å². The van der Waals surface area contributed by atoms with Crippen molar-refractivity contribution in [3.05, 3.63) is 87.7 Å². The van der Waals surface area contributed by atoms with Crippen LogP contribution in [0, 0.1) is 11.8 Å². The molecule has 6 rings (SSSR count). The number of nitrogens with two attached hydrogens (primary N) is 1. The van der Waals surface area contributed by atoms with Gasteiger partial charge in [-0.3, -0.25) is 19.2 Å². The van der Waals surface area contributed by atoms with Gasteiger partial charge in [0.05, 0.1) is 24.4 Å². The van der Waals surface area contributed by atoms with Crippen LogP contribution in [0.1, 0.15) is 49.7 Å². The first kappa shape index (κ1) is 29.3. The molecule has 3 atom stereocenters. The zero-order valence-electron chi connectivity index (χ0n) is 23.5. The third kappa shape index (κ3) is 4.45. The number of aliphatic hydroxyl groups excluding tert-OH is 2. The van der Waals surface area contributed by atoms with Crippen molar-refractivity contribution in [2.75, 3.05) is 12.4 Å². The van der Waals surface area contributed by atoms with Gasteiger partial charge in [0, 0.05) is 29.7 Å². The number of phenolic OH excluding ortho intramolecular Hbond substituents is 1. The normalized spacial score (nSPS) is 22.4. The Kier molecular flexibility index (Phi) is 6.81. The number of nitrogens with one attached hydrogen (secondary N) is 1. The Balaban J connectivity index is 1.47. The number of anilines is 1. The number of methoxy groups -OCH3 is 1. The lowest BCUT2D eigenvalue weighted by molar-refractivity contribution is -0.144. The van der Waals surface area contributed by atoms with E-state index in [0.29, 0.717) is 16.7 Å². The van der Waals surface area contributed by atoms with Crippen molar-refractivity contribution in [2.45, 2.75) is 24.9 Å². The minimum absolute atomic E-state index is 0.0281. The van der Waals surface area contributed by atoms with E-state index in [1.807, 2.05) is 0 Å². The predicted molar refractivity (Wildman–Crippen MR) is 152 cm³/mol. The van der Waals surface area contributed by atoms with Crippen molar-refractivity contribution in [3.8, 4) is 16.9 Å². The highest BCUT2D eigenvalue weighted by Crippen LogP contribution is 2.52. The number of fused-ring (bicyclic) bond motifs is 3. The number of allylic oxidation sites excluding steroid dienone is 2. The van der Waals surface area contributed by atoms with E-state index in [-0.39, 0.29) is 47.4 Å². The standard InChI is InChI=1S/C31H25N3O11/c1-44-30(42)14-6-12(8-16(9-14)34-29(41)21-4-5-33-45-21)17-2-3-19(35)23-18(17)10-13-7-15-11-20(36)24(28(32)40)27(39)31(15,43)26(38)22(13)25(23)37/h2-6,8-9,13,15,35-36,38,43H,7,10-11H2,1H3,(H2,32,40)(H,34,41)/t13?,15-,31-/m0/s1. The topological polar surface area (TPSA) is 240 Å². The van der Waals surface area contributed by atoms with E-state index < -0.39 is 69.6 Å². The van der Waals surface area contributed by atoms with Crippen LogP contribution in [0.15, 0.2) is 69.8 Å². The number of carbonyl (C=O) groups is 5. The van der Waals surface area contributed by atoms with Gasteiger partial charge < -0.3 is 40.7 Å². The van der Waals surface area contributed by atoms with Crippen molar-refractivity contribution in [1.82, 2.24) is 5.16 Å². The lowest BCUT2D eigenvalue weighted by Crippen LogP contribution is -2.57. The molecule has 45 heavy (non-hydrogen) atoms. The van der Waals surface area contributed by atoms with Crippen molar-refractivity contribution >= 4 is 35.0 Å². The minimum Gasteiger partial charge on any atom is -0.511 e. The van der Waals surface area contributed by atoms with Gasteiger partial charge in [0.25, 0.3) is 11.8 Å². The van der Waals surface area contributed by atoms with Crippen LogP contribution < -0.4 is 11.1 Å². The van der Waals surface area contributed by atoms with Crippen LogP contribution in [0.5, 0.6) is 5.75 Å². The predicted octanol–water partition coefficient (Wildman–Crippen LogP) is 2.27. The summed E-state index contributed by atoms with van der Waals surface area (Å²) in [6.45, 7) is 0. The van der Waals surface area contributed by atoms with Crippen LogP contribution in [0.3, 0.4) is 0 Å². The molecule has 1 aromatic heterocycles. The largest absolute Gasteiger partial charge is 0.511 e. The average Bonchev–Trinajstić information content (AvgIpc) is 3.54. The summed E-state index contributed by atoms with van der Waals surface area (Å²) in [4.78, 5) is 64.2. The zero-order chi connectivity index (χ0) is 32.4. The maximum absolute atomic E-state index is 13.9. The molecule has 14 heteroatoms. The van der Waals surface area contributed by atoms with Gasteiger partial charge in [0.1, 0.15) is 22.8 Å². The van der Waals surface area contributed by atoms with Gasteiger partial charge in [-0.25, -0.2) is 4.79 Å². The van der Waals surface area contributed by atoms with Gasteiger partial charge in [-0.15, -0.1) is 0 Å². The number of aliphatic hydroxyl groups is 3. The number of primary amides is 1. The first-order chi connectivity index (χ1) is 21.4. The quantitative estimate of drug-likeness (QED) is 0.179. The van der Waals surface area contributed by atoms with Crippen molar-refractivity contribution in [3.63, 3.8) is 0 Å². The number of benzene rings is 2. The Morgan fingerprint density at radius 2 is 1.84 bits per heavy atom. The number of rotatable bonds is 5. The van der Waals surface area contributed by atoms with Gasteiger partial charge in [0.2, 0.25) is 11.5 Å². The number of esters is 1. The maximum atomic E-state index is 13.9. The number of ketones is 2. The molecule has 230 valence electrons. The van der Waals surface area contributed by atoms with E-state index in [9.17, 15) is 44.4 Å². The highest BCUT2D eigenvalue weighted by Gasteiger charge is 2.59. The number of nitrogens with zero attached hydrogens (tertiary/aromatic N) is 1. The molecule has 0 saturated carbocycles. The molecule has 1 heterocycles. The first-order valence-corrected chi connectivity index (χ1v) is 13.6. The molecule has 7 N–H and O–H groups in total. The van der Waals surface area contributed by atoms with Crippen LogP contribution in [0.25, 0.3) is 11.1 Å². The molecule has 3 aromatic rings. The Hall–Kier alpha value is -5.76. The molecule has 0 radical (unpaired) electrons. The van der Waals surface area contributed by atoms with E-state index in [1.54, 1.807) is 0 Å². The third-order valence-electron chi connectivity index (χ3n) is 8.53. The fraction of sp³-hybridized carbons (Fsp3) is 0.226. The second-order valence-electron chi connectivity index (χ2n) is 11.0. The lowest BCUT2D eigenvalue weighted by Gasteiger charge is -2.45. The van der Waals surface area contributed by atoms with E-state index in [2.05, 4.69) is 10.5 Å². The van der Waals surface area contributed by atoms with Gasteiger partial charge in [-0.05, 0) is 59.7 Å². The second-order valence-corrected chi connectivity index (χ2v) is 11.0. The smallest absolute Gasteiger partial charge is 0.337 e. The molecule has 3 aliphatic rings. The van der Waals surface area contributed by atoms with Gasteiger partial charge in [-0.2, -0.15) is 0 Å². The number of hydrogen-bond acceptors (Lipinski definition) is 12. The Morgan fingerprint density at radius 1 is 1.09 bits per heavy atom. The summed E-state index contributed by atoms with van der Waals surface area (Å²) in [6, 6.07) is 8.49. The molecular weight excluding hydrogens is 590 g/mol. The molecule has 2 amide bonds. The summed E-state index contributed by atoms with van der Waals surface area (Å²) in [5.74, 6) is -8.84. The van der Waals surface area contributed by atoms with Gasteiger partial charge in [-0.1, -0.05) is 11.2 Å². The minimum atomic E-state index is -2.69. The third-order valence-corrected chi connectivity index (χ3v) is 8.53. The van der Waals surface area contributed by atoms with E-state index in [1.165, 1.54) is 49.7 Å². The molecule has 0 saturated heterocycles. The van der Waals surface area contributed by atoms with Crippen LogP contribution >= 0.6 is 0 Å². The molecule has 0 spiro atoms. The Bertz CT molecular complexity index is 1910. The van der Waals surface area contributed by atoms with E-state index >= 15 is 0 Å². The number of phenols is 1. The van der Waals surface area contributed by atoms with Crippen LogP contribution in [-0.4, -0.2) is 67.6 Å². The number of aromatic hydroxyl groups is 1. The fourth-order valence-corrected chi connectivity index (χ4v) is 6.51. The first-order valence-electron chi connectivity index (χ1n) is 13.6. The molecule has 1 unspecified atom stereocenters. The fourth-order valence-electron chi connectivity index (χ4n) is 6.51.